The Bertz CT molecular complexity index is 908. The molecule has 0 radical (unpaired) electrons. The van der Waals surface area contributed by atoms with Crippen LogP contribution in [0, 0.1) is 0 Å². The lowest BCUT2D eigenvalue weighted by Gasteiger charge is -2.59. The van der Waals surface area contributed by atoms with Crippen LogP contribution in [-0.4, -0.2) is 88.1 Å². The first-order valence-corrected chi connectivity index (χ1v) is 51.9. The van der Waals surface area contributed by atoms with Crippen molar-refractivity contribution in [3.63, 3.8) is 0 Å². The molecule has 11 heteroatoms. The molecule has 252 valence electrons. The van der Waals surface area contributed by atoms with Crippen LogP contribution in [0.1, 0.15) is 25.7 Å². The highest BCUT2D eigenvalue weighted by Crippen LogP contribution is 2.71. The highest BCUT2D eigenvalue weighted by Gasteiger charge is 2.72. The Kier molecular flexibility index (Phi) is 11.1. The molecule has 0 saturated carbocycles. The summed E-state index contributed by atoms with van der Waals surface area (Å²) in [5.74, 6) is 0. The maximum Gasteiger partial charge on any atom is 0.0486 e. The van der Waals surface area contributed by atoms with Gasteiger partial charge in [-0.3, -0.25) is 0 Å². The summed E-state index contributed by atoms with van der Waals surface area (Å²) >= 11 is 0. The second kappa shape index (κ2) is 11.5. The third-order valence-corrected chi connectivity index (χ3v) is 100. The fraction of sp³-hybridized carbons (Fsp3) is 1.00. The van der Waals surface area contributed by atoms with Gasteiger partial charge in [0.1, 0.15) is 0 Å². The average molecular weight is 774 g/mol. The Labute approximate surface area is 285 Å². The summed E-state index contributed by atoms with van der Waals surface area (Å²) in [7, 11) is -11.3. The smallest absolute Gasteiger partial charge is 0.0486 e. The molecule has 2 fully saturated rings. The highest BCUT2D eigenvalue weighted by molar-refractivity contribution is 7.34. The van der Waals surface area contributed by atoms with Crippen LogP contribution in [0.3, 0.4) is 0 Å². The molecule has 0 nitrogen and oxygen atoms in total. The van der Waals surface area contributed by atoms with Crippen LogP contribution in [0.2, 0.25) is 174 Å². The lowest BCUT2D eigenvalue weighted by molar-refractivity contribution is 0.763. The molecule has 0 unspecified atom stereocenters. The van der Waals surface area contributed by atoms with Gasteiger partial charge in [0, 0.05) is 80.4 Å². The van der Waals surface area contributed by atoms with E-state index in [0.29, 0.717) is 0 Å². The third-order valence-electron chi connectivity index (χ3n) is 13.9. The largest absolute Gasteiger partial charge is 0.0982 e. The van der Waals surface area contributed by atoms with Gasteiger partial charge in [-0.15, -0.1) is 0 Å². The van der Waals surface area contributed by atoms with E-state index < -0.39 is 80.4 Å². The minimum Gasteiger partial charge on any atom is -0.0982 e. The number of hydrogen-bond donors (Lipinski definition) is 0. The van der Waals surface area contributed by atoms with Crippen molar-refractivity contribution in [3.05, 3.63) is 0 Å². The van der Waals surface area contributed by atoms with Gasteiger partial charge in [0.05, 0.1) is 0 Å². The quantitative estimate of drug-likeness (QED) is 0.216. The van der Waals surface area contributed by atoms with E-state index in [1.165, 1.54) is 7.71 Å². The first-order valence-electron chi connectivity index (χ1n) is 17.9. The van der Waals surface area contributed by atoms with Crippen LogP contribution < -0.4 is 0 Å². The first kappa shape index (κ1) is 41.6. The molecule has 0 aromatic carbocycles. The van der Waals surface area contributed by atoms with Crippen LogP contribution in [0.4, 0.5) is 0 Å². The molecule has 0 spiro atoms. The molecule has 0 aromatic heterocycles. The van der Waals surface area contributed by atoms with Crippen LogP contribution in [0.15, 0.2) is 0 Å². The van der Waals surface area contributed by atoms with Crippen LogP contribution in [0.5, 0.6) is 0 Å². The van der Waals surface area contributed by atoms with E-state index in [1.807, 2.05) is 0 Å². The first-order chi connectivity index (χ1) is 18.4. The van der Waals surface area contributed by atoms with Crippen molar-refractivity contribution in [1.29, 1.82) is 0 Å². The fourth-order valence-electron chi connectivity index (χ4n) is 13.0. The molecule has 2 aliphatic heterocycles. The molecule has 2 rings (SSSR count). The minimum atomic E-state index is -1.45. The van der Waals surface area contributed by atoms with Gasteiger partial charge in [0.2, 0.25) is 0 Å². The summed E-state index contributed by atoms with van der Waals surface area (Å²) in [5, 5.41) is 0. The van der Waals surface area contributed by atoms with Crippen molar-refractivity contribution in [2.45, 2.75) is 200 Å². The third kappa shape index (κ3) is 5.89. The van der Waals surface area contributed by atoms with Crippen LogP contribution >= 0.6 is 0 Å². The van der Waals surface area contributed by atoms with Crippen molar-refractivity contribution in [3.8, 4) is 0 Å². The Morgan fingerprint density at radius 3 is 0.488 bits per heavy atom. The normalized spacial score (nSPS) is 23.5. The molecular formula is C32H80Si11. The SMILES string of the molecule is C[Si](C)(C)C1([Si](C)(C)C)CCC([Si](C)(C)C)([Si](C)(C)C)[Si]1=[Si]=[Si]1C([Si](C)(C)C)([Si](C)(C)C)CCC1([Si](C)(C)C)[Si](C)(C)C. The Morgan fingerprint density at radius 2 is 0.395 bits per heavy atom. The molecule has 0 aliphatic carbocycles. The Morgan fingerprint density at radius 1 is 0.279 bits per heavy atom. The summed E-state index contributed by atoms with van der Waals surface area (Å²) < 4.78 is 3.11. The molecule has 2 saturated heterocycles. The molecular weight excluding hydrogens is 693 g/mol. The van der Waals surface area contributed by atoms with E-state index in [-0.39, 0.29) is 0 Å². The van der Waals surface area contributed by atoms with Gasteiger partial charge in [-0.1, -0.05) is 191 Å². The second-order valence-corrected chi connectivity index (χ2v) is 83.5. The molecule has 2 heterocycles. The summed E-state index contributed by atoms with van der Waals surface area (Å²) in [6.45, 7) is 69.5. The topological polar surface area (TPSA) is 0 Å². The predicted molar refractivity (Wildman–Crippen MR) is 233 cm³/mol. The monoisotopic (exact) mass is 772 g/mol. The summed E-state index contributed by atoms with van der Waals surface area (Å²) in [6, 6.07) is 0. The van der Waals surface area contributed by atoms with Crippen molar-refractivity contribution in [1.82, 2.24) is 0 Å². The van der Waals surface area contributed by atoms with Crippen molar-refractivity contribution < 1.29 is 0 Å². The van der Waals surface area contributed by atoms with Crippen LogP contribution in [-0.2, 0) is 0 Å². The maximum absolute atomic E-state index is 2.89. The Hall–Kier alpha value is 2.39. The van der Waals surface area contributed by atoms with E-state index in [2.05, 4.69) is 157 Å². The maximum atomic E-state index is 2.89. The van der Waals surface area contributed by atoms with E-state index >= 15 is 0 Å². The minimum absolute atomic E-state index is 0.590. The van der Waals surface area contributed by atoms with Gasteiger partial charge < -0.3 is 0 Å². The fourth-order valence-corrected chi connectivity index (χ4v) is 147. The predicted octanol–water partition coefficient (Wildman–Crippen LogP) is 12.2. The van der Waals surface area contributed by atoms with Gasteiger partial charge in [-0.2, -0.15) is 0 Å². The van der Waals surface area contributed by atoms with E-state index in [9.17, 15) is 0 Å². The number of hydrogen-bond acceptors (Lipinski definition) is 0. The van der Waals surface area contributed by atoms with Crippen LogP contribution in [0.25, 0.3) is 0 Å². The lowest BCUT2D eigenvalue weighted by Crippen LogP contribution is -2.68. The van der Waals surface area contributed by atoms with Gasteiger partial charge in [0.15, 0.2) is 0 Å². The standard InChI is InChI=1S/C32H80Si11/c1-36(2,3)29(37(4,5)6)25-26-30(38(7,8)9,39(10,11)12)34(29)33-35-31(40(13,14)15,41(16,17)18)27-28-32(35,42(19,20)21)43(22,23)24/h25-28H2,1-24H3. The number of rotatable bonds is 8. The van der Waals surface area contributed by atoms with E-state index in [0.717, 1.165) is 17.1 Å². The molecule has 0 atom stereocenters. The molecule has 43 heavy (non-hydrogen) atoms. The molecule has 0 N–H and O–H groups in total. The zero-order valence-corrected chi connectivity index (χ0v) is 45.3. The van der Waals surface area contributed by atoms with E-state index in [1.54, 1.807) is 25.7 Å². The summed E-state index contributed by atoms with van der Waals surface area (Å²) in [5.41, 5.74) is 0. The molecule has 2 aliphatic rings. The lowest BCUT2D eigenvalue weighted by atomic mass is 10.4. The van der Waals surface area contributed by atoms with E-state index in [4.69, 9.17) is 0 Å². The Balaban J connectivity index is 3.74. The molecule has 0 amide bonds. The van der Waals surface area contributed by atoms with Crippen molar-refractivity contribution in [2.75, 3.05) is 0 Å². The zero-order valence-electron chi connectivity index (χ0n) is 34.3. The summed E-state index contributed by atoms with van der Waals surface area (Å²) in [6.07, 6.45) is 6.57. The highest BCUT2D eigenvalue weighted by atomic mass is 29.2. The van der Waals surface area contributed by atoms with Gasteiger partial charge in [0.25, 0.3) is 0 Å². The van der Waals surface area contributed by atoms with Gasteiger partial charge >= 0.3 is 0 Å². The van der Waals surface area contributed by atoms with Crippen molar-refractivity contribution >= 4 is 88.1 Å². The summed E-state index contributed by atoms with van der Waals surface area (Å²) in [4.78, 5) is 0. The van der Waals surface area contributed by atoms with Crippen molar-refractivity contribution in [2.24, 2.45) is 0 Å². The molecule has 0 aromatic rings. The zero-order chi connectivity index (χ0) is 34.7. The van der Waals surface area contributed by atoms with Gasteiger partial charge in [-0.25, -0.2) is 0 Å². The van der Waals surface area contributed by atoms with Gasteiger partial charge in [-0.05, 0) is 17.1 Å². The second-order valence-electron chi connectivity index (χ2n) is 23.5. The molecule has 0 bridgehead atoms. The average Bonchev–Trinajstić information content (AvgIpc) is 3.21.